The smallest absolute Gasteiger partial charge is 0.220 e. The van der Waals surface area contributed by atoms with E-state index in [-0.39, 0.29) is 11.9 Å². The Bertz CT molecular complexity index is 953. The molecule has 0 bridgehead atoms. The number of hydrogen-bond acceptors (Lipinski definition) is 4. The highest BCUT2D eigenvalue weighted by Gasteiger charge is 2.28. The molecule has 1 atom stereocenters. The van der Waals surface area contributed by atoms with Gasteiger partial charge in [0.25, 0.3) is 0 Å². The third kappa shape index (κ3) is 4.40. The second-order valence-electron chi connectivity index (χ2n) is 7.44. The van der Waals surface area contributed by atoms with E-state index in [2.05, 4.69) is 17.5 Å². The topological polar surface area (TPSA) is 60.5 Å². The molecule has 2 fully saturated rings. The van der Waals surface area contributed by atoms with Crippen LogP contribution in [0.5, 0.6) is 11.6 Å². The second kappa shape index (κ2) is 8.46. The number of aromatic nitrogens is 1. The largest absolute Gasteiger partial charge is 0.492 e. The summed E-state index contributed by atoms with van der Waals surface area (Å²) in [6.45, 7) is 2.48. The Labute approximate surface area is 176 Å². The monoisotopic (exact) mass is 412 g/mol. The molecule has 0 radical (unpaired) electrons. The lowest BCUT2D eigenvalue weighted by Crippen LogP contribution is -2.23. The molecule has 0 unspecified atom stereocenters. The van der Waals surface area contributed by atoms with E-state index >= 15 is 0 Å². The summed E-state index contributed by atoms with van der Waals surface area (Å²) in [7, 11) is 1.66. The van der Waals surface area contributed by atoms with Crippen LogP contribution in [0.2, 0.25) is 5.02 Å². The van der Waals surface area contributed by atoms with Crippen LogP contribution in [0.4, 0.5) is 0 Å². The molecule has 6 heteroatoms. The standard InChI is InChI=1S/C23H25ClN2O3/c1-3-29-21-10-6-15(12-19(21)24)18(13-16-7-11-22(27)25-16)20-9-8-17(14-4-5-14)23(26-20)28-2/h6,8-10,12-14,16H,3-5,7,11H2,1-2H3,(H,25,27)/t16-/m1/s1. The highest BCUT2D eigenvalue weighted by molar-refractivity contribution is 6.32. The molecule has 2 heterocycles. The van der Waals surface area contributed by atoms with Crippen molar-refractivity contribution in [1.29, 1.82) is 0 Å². The van der Waals surface area contributed by atoms with Gasteiger partial charge in [0, 0.05) is 23.6 Å². The molecule has 2 aliphatic rings. The first kappa shape index (κ1) is 19.8. The van der Waals surface area contributed by atoms with E-state index < -0.39 is 0 Å². The number of ether oxygens (including phenoxy) is 2. The zero-order chi connectivity index (χ0) is 20.4. The van der Waals surface area contributed by atoms with Gasteiger partial charge < -0.3 is 14.8 Å². The van der Waals surface area contributed by atoms with Crippen LogP contribution in [0, 0.1) is 0 Å². The molecule has 1 N–H and O–H groups in total. The SMILES string of the molecule is CCOc1ccc(C(=C[C@H]2CCC(=O)N2)c2ccc(C3CC3)c(OC)n2)cc1Cl. The minimum atomic E-state index is -0.0289. The van der Waals surface area contributed by atoms with Gasteiger partial charge in [-0.25, -0.2) is 4.98 Å². The van der Waals surface area contributed by atoms with Crippen LogP contribution in [-0.4, -0.2) is 30.6 Å². The van der Waals surface area contributed by atoms with Gasteiger partial charge in [0.05, 0.1) is 24.4 Å². The second-order valence-corrected chi connectivity index (χ2v) is 7.85. The Kier molecular flexibility index (Phi) is 5.76. The molecular weight excluding hydrogens is 388 g/mol. The van der Waals surface area contributed by atoms with Crippen molar-refractivity contribution in [2.24, 2.45) is 0 Å². The fraction of sp³-hybridized carbons (Fsp3) is 0.391. The van der Waals surface area contributed by atoms with Gasteiger partial charge >= 0.3 is 0 Å². The van der Waals surface area contributed by atoms with Gasteiger partial charge in [-0.05, 0) is 55.9 Å². The molecule has 1 aromatic heterocycles. The van der Waals surface area contributed by atoms with Gasteiger partial charge in [-0.15, -0.1) is 0 Å². The number of carbonyl (C=O) groups excluding carboxylic acids is 1. The molecule has 152 valence electrons. The number of hydrogen-bond donors (Lipinski definition) is 1. The predicted molar refractivity (Wildman–Crippen MR) is 114 cm³/mol. The molecule has 1 aliphatic heterocycles. The molecule has 29 heavy (non-hydrogen) atoms. The van der Waals surface area contributed by atoms with Gasteiger partial charge in [0.15, 0.2) is 0 Å². The summed E-state index contributed by atoms with van der Waals surface area (Å²) < 4.78 is 11.1. The van der Waals surface area contributed by atoms with Gasteiger partial charge in [-0.3, -0.25) is 4.79 Å². The minimum Gasteiger partial charge on any atom is -0.492 e. The highest BCUT2D eigenvalue weighted by atomic mass is 35.5. The predicted octanol–water partition coefficient (Wildman–Crippen LogP) is 4.73. The molecule has 0 spiro atoms. The molecule has 1 aliphatic carbocycles. The Morgan fingerprint density at radius 3 is 2.72 bits per heavy atom. The van der Waals surface area contributed by atoms with E-state index in [1.807, 2.05) is 31.2 Å². The van der Waals surface area contributed by atoms with Crippen LogP contribution >= 0.6 is 11.6 Å². The number of carbonyl (C=O) groups is 1. The molecule has 4 rings (SSSR count). The van der Waals surface area contributed by atoms with Crippen molar-refractivity contribution in [3.63, 3.8) is 0 Å². The van der Waals surface area contributed by atoms with Crippen molar-refractivity contribution in [3.05, 3.63) is 58.3 Å². The number of halogens is 1. The Morgan fingerprint density at radius 2 is 2.10 bits per heavy atom. The maximum Gasteiger partial charge on any atom is 0.220 e. The Hall–Kier alpha value is -2.53. The van der Waals surface area contributed by atoms with E-state index in [1.165, 1.54) is 12.8 Å². The number of nitrogens with one attached hydrogen (secondary N) is 1. The first-order valence-electron chi connectivity index (χ1n) is 10.1. The Balaban J connectivity index is 1.76. The molecule has 1 saturated carbocycles. The van der Waals surface area contributed by atoms with Gasteiger partial charge in [0.2, 0.25) is 11.8 Å². The summed E-state index contributed by atoms with van der Waals surface area (Å²) in [5, 5.41) is 3.55. The van der Waals surface area contributed by atoms with Crippen molar-refractivity contribution in [1.82, 2.24) is 10.3 Å². The number of rotatable bonds is 7. The molecule has 2 aromatic rings. The average molecular weight is 413 g/mol. The summed E-state index contributed by atoms with van der Waals surface area (Å²) in [5.41, 5.74) is 3.80. The van der Waals surface area contributed by atoms with Crippen molar-refractivity contribution in [2.75, 3.05) is 13.7 Å². The van der Waals surface area contributed by atoms with Crippen LogP contribution in [0.15, 0.2) is 36.4 Å². The zero-order valence-corrected chi connectivity index (χ0v) is 17.5. The average Bonchev–Trinajstić information content (AvgIpc) is 3.49. The molecule has 1 aromatic carbocycles. The zero-order valence-electron chi connectivity index (χ0n) is 16.7. The molecule has 5 nitrogen and oxygen atoms in total. The number of pyridine rings is 1. The van der Waals surface area contributed by atoms with E-state index in [0.717, 1.165) is 28.8 Å². The van der Waals surface area contributed by atoms with Crippen LogP contribution in [-0.2, 0) is 4.79 Å². The summed E-state index contributed by atoms with van der Waals surface area (Å²) in [5.74, 6) is 1.95. The molecule has 1 amide bonds. The number of methoxy groups -OCH3 is 1. The van der Waals surface area contributed by atoms with Gasteiger partial charge in [-0.2, -0.15) is 0 Å². The van der Waals surface area contributed by atoms with E-state index in [4.69, 9.17) is 26.1 Å². The van der Waals surface area contributed by atoms with Crippen molar-refractivity contribution in [3.8, 4) is 11.6 Å². The van der Waals surface area contributed by atoms with Gasteiger partial charge in [0.1, 0.15) is 5.75 Å². The summed E-state index contributed by atoms with van der Waals surface area (Å²) in [4.78, 5) is 16.5. The number of nitrogens with zero attached hydrogens (tertiary/aromatic N) is 1. The quantitative estimate of drug-likeness (QED) is 0.714. The summed E-state index contributed by atoms with van der Waals surface area (Å²) in [6, 6.07) is 9.84. The van der Waals surface area contributed by atoms with E-state index in [9.17, 15) is 4.79 Å². The van der Waals surface area contributed by atoms with Crippen LogP contribution in [0.25, 0.3) is 5.57 Å². The lowest BCUT2D eigenvalue weighted by Gasteiger charge is -2.15. The van der Waals surface area contributed by atoms with Crippen LogP contribution < -0.4 is 14.8 Å². The number of amides is 1. The van der Waals surface area contributed by atoms with Crippen LogP contribution in [0.1, 0.15) is 55.3 Å². The summed E-state index contributed by atoms with van der Waals surface area (Å²) in [6.07, 6.45) is 5.74. The van der Waals surface area contributed by atoms with Crippen molar-refractivity contribution in [2.45, 2.75) is 44.6 Å². The Morgan fingerprint density at radius 1 is 1.28 bits per heavy atom. The first-order valence-corrected chi connectivity index (χ1v) is 10.5. The maximum absolute atomic E-state index is 11.7. The minimum absolute atomic E-state index is 0.0289. The van der Waals surface area contributed by atoms with E-state index in [1.54, 1.807) is 7.11 Å². The first-order chi connectivity index (χ1) is 14.1. The number of benzene rings is 1. The highest BCUT2D eigenvalue weighted by Crippen LogP contribution is 2.44. The third-order valence-corrected chi connectivity index (χ3v) is 5.61. The van der Waals surface area contributed by atoms with Crippen molar-refractivity contribution >= 4 is 23.1 Å². The lowest BCUT2D eigenvalue weighted by molar-refractivity contribution is -0.119. The van der Waals surface area contributed by atoms with Gasteiger partial charge in [-0.1, -0.05) is 29.8 Å². The molecule has 1 saturated heterocycles. The van der Waals surface area contributed by atoms with E-state index in [0.29, 0.717) is 35.6 Å². The van der Waals surface area contributed by atoms with Crippen LogP contribution in [0.3, 0.4) is 0 Å². The lowest BCUT2D eigenvalue weighted by atomic mass is 9.98. The maximum atomic E-state index is 11.7. The fourth-order valence-electron chi connectivity index (χ4n) is 3.70. The van der Waals surface area contributed by atoms with Crippen molar-refractivity contribution < 1.29 is 14.3 Å². The third-order valence-electron chi connectivity index (χ3n) is 5.32. The summed E-state index contributed by atoms with van der Waals surface area (Å²) >= 11 is 6.45. The molecular formula is C23H25ClN2O3. The normalized spacial score (nSPS) is 19.2. The fourth-order valence-corrected chi connectivity index (χ4v) is 3.94.